The van der Waals surface area contributed by atoms with Crippen molar-refractivity contribution in [2.45, 2.75) is 25.0 Å². The van der Waals surface area contributed by atoms with Gasteiger partial charge >= 0.3 is 5.97 Å². The summed E-state index contributed by atoms with van der Waals surface area (Å²) in [6.07, 6.45) is -0.0809. The number of hydrogen-bond acceptors (Lipinski definition) is 5. The summed E-state index contributed by atoms with van der Waals surface area (Å²) in [5.74, 6) is -0.648. The number of carboxylic acid groups (broad SMARTS) is 1. The molecule has 2 unspecified atom stereocenters. The molecule has 1 aliphatic rings. The zero-order valence-electron chi connectivity index (χ0n) is 10.3. The van der Waals surface area contributed by atoms with E-state index in [9.17, 15) is 14.9 Å². The van der Waals surface area contributed by atoms with E-state index >= 15 is 0 Å². The predicted molar refractivity (Wildman–Crippen MR) is 71.8 cm³/mol. The quantitative estimate of drug-likeness (QED) is 0.649. The van der Waals surface area contributed by atoms with Gasteiger partial charge in [0.05, 0.1) is 21.6 Å². The Morgan fingerprint density at radius 1 is 1.55 bits per heavy atom. The number of nitro benzene ring substituents is 1. The Kier molecular flexibility index (Phi) is 4.56. The van der Waals surface area contributed by atoms with E-state index in [1.54, 1.807) is 0 Å². The molecule has 1 aromatic carbocycles. The summed E-state index contributed by atoms with van der Waals surface area (Å²) in [6, 6.07) is 4.21. The molecule has 0 bridgehead atoms. The SMILES string of the molecule is O=C(O)C1CCC(COc2cc([N+](=O)[O-])ccc2Br)O1. The van der Waals surface area contributed by atoms with Crippen LogP contribution in [0, 0.1) is 10.1 Å². The van der Waals surface area contributed by atoms with Crippen LogP contribution >= 0.6 is 15.9 Å². The smallest absolute Gasteiger partial charge is 0.332 e. The lowest BCUT2D eigenvalue weighted by Crippen LogP contribution is -2.23. The Bertz CT molecular complexity index is 535. The van der Waals surface area contributed by atoms with Crippen molar-refractivity contribution in [3.8, 4) is 5.75 Å². The average molecular weight is 346 g/mol. The van der Waals surface area contributed by atoms with Gasteiger partial charge in [0.25, 0.3) is 5.69 Å². The van der Waals surface area contributed by atoms with E-state index in [0.717, 1.165) is 0 Å². The Balaban J connectivity index is 1.96. The van der Waals surface area contributed by atoms with Crippen molar-refractivity contribution >= 4 is 27.6 Å². The summed E-state index contributed by atoms with van der Waals surface area (Å²) in [6.45, 7) is 0.156. The number of aliphatic carboxylic acids is 1. The number of hydrogen-bond donors (Lipinski definition) is 1. The second kappa shape index (κ2) is 6.19. The van der Waals surface area contributed by atoms with E-state index in [4.69, 9.17) is 14.6 Å². The van der Waals surface area contributed by atoms with E-state index in [2.05, 4.69) is 15.9 Å². The summed E-state index contributed by atoms with van der Waals surface area (Å²) >= 11 is 3.24. The van der Waals surface area contributed by atoms with Crippen LogP contribution < -0.4 is 4.74 Å². The Morgan fingerprint density at radius 2 is 2.30 bits per heavy atom. The van der Waals surface area contributed by atoms with Crippen LogP contribution in [0.3, 0.4) is 0 Å². The van der Waals surface area contributed by atoms with Crippen LogP contribution in [0.25, 0.3) is 0 Å². The summed E-state index contributed by atoms with van der Waals surface area (Å²) in [5, 5.41) is 19.5. The Labute approximate surface area is 122 Å². The zero-order valence-corrected chi connectivity index (χ0v) is 11.9. The molecular weight excluding hydrogens is 334 g/mol. The van der Waals surface area contributed by atoms with E-state index < -0.39 is 17.0 Å². The van der Waals surface area contributed by atoms with Crippen LogP contribution in [0.5, 0.6) is 5.75 Å². The van der Waals surface area contributed by atoms with Crippen molar-refractivity contribution in [1.82, 2.24) is 0 Å². The van der Waals surface area contributed by atoms with Gasteiger partial charge in [-0.05, 0) is 34.8 Å². The largest absolute Gasteiger partial charge is 0.489 e. The molecule has 8 heteroatoms. The number of non-ortho nitro benzene ring substituents is 1. The first kappa shape index (κ1) is 14.7. The lowest BCUT2D eigenvalue weighted by atomic mass is 10.2. The number of carboxylic acids is 1. The van der Waals surface area contributed by atoms with Gasteiger partial charge in [-0.15, -0.1) is 0 Å². The monoisotopic (exact) mass is 345 g/mol. The van der Waals surface area contributed by atoms with E-state index in [0.29, 0.717) is 23.1 Å². The molecule has 0 amide bonds. The third-order valence-corrected chi connectivity index (χ3v) is 3.59. The first-order chi connectivity index (χ1) is 9.47. The van der Waals surface area contributed by atoms with E-state index in [1.165, 1.54) is 18.2 Å². The molecule has 1 N–H and O–H groups in total. The topological polar surface area (TPSA) is 98.9 Å². The number of benzene rings is 1. The molecule has 2 rings (SSSR count). The lowest BCUT2D eigenvalue weighted by Gasteiger charge is -2.13. The molecule has 2 atom stereocenters. The molecule has 20 heavy (non-hydrogen) atoms. The minimum Gasteiger partial charge on any atom is -0.489 e. The van der Waals surface area contributed by atoms with Gasteiger partial charge in [0, 0.05) is 6.07 Å². The van der Waals surface area contributed by atoms with E-state index in [1.807, 2.05) is 0 Å². The summed E-state index contributed by atoms with van der Waals surface area (Å²) in [5.41, 5.74) is -0.0704. The third kappa shape index (κ3) is 3.45. The maximum atomic E-state index is 10.7. The molecule has 1 aromatic rings. The molecule has 108 valence electrons. The molecule has 0 aromatic heterocycles. The average Bonchev–Trinajstić information content (AvgIpc) is 2.86. The van der Waals surface area contributed by atoms with Crippen LogP contribution in [0.1, 0.15) is 12.8 Å². The molecule has 7 nitrogen and oxygen atoms in total. The van der Waals surface area contributed by atoms with Gasteiger partial charge < -0.3 is 14.6 Å². The van der Waals surface area contributed by atoms with Crippen LogP contribution in [-0.2, 0) is 9.53 Å². The summed E-state index contributed by atoms with van der Waals surface area (Å²) in [4.78, 5) is 20.9. The number of nitro groups is 1. The normalized spacial score (nSPS) is 21.6. The number of carbonyl (C=O) groups is 1. The number of rotatable bonds is 5. The minimum absolute atomic E-state index is 0.0704. The van der Waals surface area contributed by atoms with Gasteiger partial charge in [-0.25, -0.2) is 4.79 Å². The van der Waals surface area contributed by atoms with Crippen molar-refractivity contribution in [2.24, 2.45) is 0 Å². The molecule has 1 fully saturated rings. The number of ether oxygens (including phenoxy) is 2. The van der Waals surface area contributed by atoms with Crippen molar-refractivity contribution in [3.63, 3.8) is 0 Å². The van der Waals surface area contributed by atoms with Gasteiger partial charge in [0.1, 0.15) is 12.4 Å². The fraction of sp³-hybridized carbons (Fsp3) is 0.417. The van der Waals surface area contributed by atoms with Crippen molar-refractivity contribution < 1.29 is 24.3 Å². The molecule has 0 saturated carbocycles. The first-order valence-electron chi connectivity index (χ1n) is 5.92. The molecular formula is C12H12BrNO6. The van der Waals surface area contributed by atoms with Crippen LogP contribution in [0.2, 0.25) is 0 Å². The highest BCUT2D eigenvalue weighted by Crippen LogP contribution is 2.30. The van der Waals surface area contributed by atoms with Gasteiger partial charge in [0.15, 0.2) is 6.10 Å². The second-order valence-electron chi connectivity index (χ2n) is 4.35. The van der Waals surface area contributed by atoms with E-state index in [-0.39, 0.29) is 18.4 Å². The highest BCUT2D eigenvalue weighted by molar-refractivity contribution is 9.10. The maximum absolute atomic E-state index is 10.7. The van der Waals surface area contributed by atoms with Crippen LogP contribution in [-0.4, -0.2) is 34.8 Å². The third-order valence-electron chi connectivity index (χ3n) is 2.93. The fourth-order valence-electron chi connectivity index (χ4n) is 1.91. The van der Waals surface area contributed by atoms with Gasteiger partial charge in [0.2, 0.25) is 0 Å². The fourth-order valence-corrected chi connectivity index (χ4v) is 2.27. The first-order valence-corrected chi connectivity index (χ1v) is 6.71. The molecule has 0 spiro atoms. The zero-order chi connectivity index (χ0) is 14.7. The molecule has 1 heterocycles. The Morgan fingerprint density at radius 3 is 2.90 bits per heavy atom. The number of nitrogens with zero attached hydrogens (tertiary/aromatic N) is 1. The van der Waals surface area contributed by atoms with Crippen LogP contribution in [0.4, 0.5) is 5.69 Å². The Hall–Kier alpha value is -1.67. The molecule has 0 aliphatic carbocycles. The van der Waals surface area contributed by atoms with Crippen molar-refractivity contribution in [3.05, 3.63) is 32.8 Å². The number of halogens is 1. The second-order valence-corrected chi connectivity index (χ2v) is 5.20. The highest BCUT2D eigenvalue weighted by atomic mass is 79.9. The predicted octanol–water partition coefficient (Wildman–Crippen LogP) is 2.37. The lowest BCUT2D eigenvalue weighted by molar-refractivity contribution is -0.385. The van der Waals surface area contributed by atoms with Gasteiger partial charge in [-0.3, -0.25) is 10.1 Å². The standard InChI is InChI=1S/C12H12BrNO6/c13-9-3-1-7(14(17)18)5-11(9)19-6-8-2-4-10(20-8)12(15)16/h1,3,5,8,10H,2,4,6H2,(H,15,16). The summed E-state index contributed by atoms with van der Waals surface area (Å²) < 4.78 is 11.4. The molecule has 0 radical (unpaired) electrons. The maximum Gasteiger partial charge on any atom is 0.332 e. The highest BCUT2D eigenvalue weighted by Gasteiger charge is 2.30. The minimum atomic E-state index is -0.982. The molecule has 1 saturated heterocycles. The van der Waals surface area contributed by atoms with Crippen LogP contribution in [0.15, 0.2) is 22.7 Å². The van der Waals surface area contributed by atoms with Crippen molar-refractivity contribution in [1.29, 1.82) is 0 Å². The van der Waals surface area contributed by atoms with Crippen molar-refractivity contribution in [2.75, 3.05) is 6.61 Å². The molecule has 1 aliphatic heterocycles. The van der Waals surface area contributed by atoms with Gasteiger partial charge in [-0.1, -0.05) is 0 Å². The van der Waals surface area contributed by atoms with Gasteiger partial charge in [-0.2, -0.15) is 0 Å². The summed E-state index contributed by atoms with van der Waals surface area (Å²) in [7, 11) is 0.